The maximum absolute atomic E-state index is 11.3. The summed E-state index contributed by atoms with van der Waals surface area (Å²) < 4.78 is 4.66. The molecule has 1 aromatic rings. The molecule has 0 bridgehead atoms. The summed E-state index contributed by atoms with van der Waals surface area (Å²) in [6.45, 7) is 2.58. The molecular formula is C14H19NO3. The number of nitrogens with zero attached hydrogens (tertiary/aromatic N) is 1. The Balaban J connectivity index is 1.95. The number of hydrogen-bond donors (Lipinski definition) is 1. The standard InChI is InChI=1S/C14H19NO3/c1-18-14(17)12-6-4-11(5-7-12)9-15-8-2-3-13(16)10-15/h4-7,13,16H,2-3,8-10H2,1H3. The minimum absolute atomic E-state index is 0.201. The van der Waals surface area contributed by atoms with Crippen molar-refractivity contribution in [1.82, 2.24) is 4.90 Å². The molecule has 0 aromatic heterocycles. The molecule has 0 radical (unpaired) electrons. The van der Waals surface area contributed by atoms with Crippen molar-refractivity contribution in [3.8, 4) is 0 Å². The van der Waals surface area contributed by atoms with E-state index in [9.17, 15) is 9.90 Å². The first-order valence-electron chi connectivity index (χ1n) is 6.26. The zero-order valence-electron chi connectivity index (χ0n) is 10.6. The van der Waals surface area contributed by atoms with Crippen LogP contribution in [0.3, 0.4) is 0 Å². The highest BCUT2D eigenvalue weighted by Crippen LogP contribution is 2.14. The van der Waals surface area contributed by atoms with Gasteiger partial charge in [0.2, 0.25) is 0 Å². The van der Waals surface area contributed by atoms with E-state index < -0.39 is 0 Å². The number of esters is 1. The number of aliphatic hydroxyl groups is 1. The van der Waals surface area contributed by atoms with E-state index in [1.54, 1.807) is 12.1 Å². The van der Waals surface area contributed by atoms with E-state index in [0.717, 1.165) is 38.0 Å². The van der Waals surface area contributed by atoms with E-state index in [1.165, 1.54) is 7.11 Å². The van der Waals surface area contributed by atoms with Gasteiger partial charge in [-0.05, 0) is 37.1 Å². The topological polar surface area (TPSA) is 49.8 Å². The summed E-state index contributed by atoms with van der Waals surface area (Å²) in [6, 6.07) is 7.43. The van der Waals surface area contributed by atoms with Gasteiger partial charge < -0.3 is 9.84 Å². The van der Waals surface area contributed by atoms with E-state index in [0.29, 0.717) is 5.56 Å². The molecule has 4 nitrogen and oxygen atoms in total. The van der Waals surface area contributed by atoms with Crippen molar-refractivity contribution in [3.63, 3.8) is 0 Å². The highest BCUT2D eigenvalue weighted by Gasteiger charge is 2.17. The van der Waals surface area contributed by atoms with Gasteiger partial charge in [-0.1, -0.05) is 12.1 Å². The van der Waals surface area contributed by atoms with Crippen molar-refractivity contribution in [3.05, 3.63) is 35.4 Å². The lowest BCUT2D eigenvalue weighted by molar-refractivity contribution is 0.0600. The molecule has 2 rings (SSSR count). The summed E-state index contributed by atoms with van der Waals surface area (Å²) in [5, 5.41) is 9.60. The van der Waals surface area contributed by atoms with E-state index in [-0.39, 0.29) is 12.1 Å². The fourth-order valence-electron chi connectivity index (χ4n) is 2.30. The van der Waals surface area contributed by atoms with E-state index in [1.807, 2.05) is 12.1 Å². The van der Waals surface area contributed by atoms with Gasteiger partial charge >= 0.3 is 5.97 Å². The van der Waals surface area contributed by atoms with Crippen LogP contribution in [-0.2, 0) is 11.3 Å². The number of β-amino-alcohol motifs (C(OH)–C–C–N with tert-alkyl or cyclic N) is 1. The summed E-state index contributed by atoms with van der Waals surface area (Å²) in [4.78, 5) is 13.5. The molecule has 1 fully saturated rings. The number of ether oxygens (including phenoxy) is 1. The number of carbonyl (C=O) groups is 1. The summed E-state index contributed by atoms with van der Waals surface area (Å²) in [5.41, 5.74) is 1.72. The molecule has 1 atom stereocenters. The molecule has 0 spiro atoms. The van der Waals surface area contributed by atoms with Gasteiger partial charge in [-0.2, -0.15) is 0 Å². The third-order valence-electron chi connectivity index (χ3n) is 3.26. The number of piperidine rings is 1. The van der Waals surface area contributed by atoms with E-state index >= 15 is 0 Å². The molecule has 0 saturated carbocycles. The Labute approximate surface area is 107 Å². The SMILES string of the molecule is COC(=O)c1ccc(CN2CCCC(O)C2)cc1. The van der Waals surface area contributed by atoms with Gasteiger partial charge in [0, 0.05) is 13.1 Å². The van der Waals surface area contributed by atoms with Crippen LogP contribution in [0.4, 0.5) is 0 Å². The quantitative estimate of drug-likeness (QED) is 0.823. The smallest absolute Gasteiger partial charge is 0.337 e. The molecule has 4 heteroatoms. The Morgan fingerprint density at radius 3 is 2.78 bits per heavy atom. The van der Waals surface area contributed by atoms with Gasteiger partial charge in [0.1, 0.15) is 0 Å². The van der Waals surface area contributed by atoms with Gasteiger partial charge in [0.15, 0.2) is 0 Å². The summed E-state index contributed by atoms with van der Waals surface area (Å²) in [7, 11) is 1.38. The van der Waals surface area contributed by atoms with Crippen LogP contribution in [0.25, 0.3) is 0 Å². The first-order valence-corrected chi connectivity index (χ1v) is 6.26. The second-order valence-electron chi connectivity index (χ2n) is 4.72. The Kier molecular flexibility index (Phi) is 4.33. The number of aliphatic hydroxyl groups excluding tert-OH is 1. The van der Waals surface area contributed by atoms with Crippen LogP contribution in [-0.4, -0.2) is 42.3 Å². The molecule has 0 amide bonds. The molecular weight excluding hydrogens is 230 g/mol. The summed E-state index contributed by atoms with van der Waals surface area (Å²) in [6.07, 6.45) is 1.74. The molecule has 1 aromatic carbocycles. The van der Waals surface area contributed by atoms with Crippen LogP contribution >= 0.6 is 0 Å². The average Bonchev–Trinajstić information content (AvgIpc) is 2.39. The van der Waals surface area contributed by atoms with Crippen molar-refractivity contribution < 1.29 is 14.6 Å². The van der Waals surface area contributed by atoms with Crippen LogP contribution in [0.15, 0.2) is 24.3 Å². The zero-order valence-corrected chi connectivity index (χ0v) is 10.6. The van der Waals surface area contributed by atoms with Crippen LogP contribution in [0.5, 0.6) is 0 Å². The Bertz CT molecular complexity index is 402. The van der Waals surface area contributed by atoms with Crippen molar-refractivity contribution in [2.75, 3.05) is 20.2 Å². The van der Waals surface area contributed by atoms with Crippen molar-refractivity contribution in [2.45, 2.75) is 25.5 Å². The second kappa shape index (κ2) is 5.98. The van der Waals surface area contributed by atoms with Gasteiger partial charge in [0.25, 0.3) is 0 Å². The van der Waals surface area contributed by atoms with E-state index in [2.05, 4.69) is 9.64 Å². The number of benzene rings is 1. The maximum atomic E-state index is 11.3. The fraction of sp³-hybridized carbons (Fsp3) is 0.500. The largest absolute Gasteiger partial charge is 0.465 e. The monoisotopic (exact) mass is 249 g/mol. The minimum Gasteiger partial charge on any atom is -0.465 e. The lowest BCUT2D eigenvalue weighted by atomic mass is 10.1. The van der Waals surface area contributed by atoms with Gasteiger partial charge in [-0.15, -0.1) is 0 Å². The number of rotatable bonds is 3. The van der Waals surface area contributed by atoms with Crippen LogP contribution in [0.2, 0.25) is 0 Å². The molecule has 1 N–H and O–H groups in total. The Morgan fingerprint density at radius 2 is 2.17 bits per heavy atom. The predicted molar refractivity (Wildman–Crippen MR) is 68.3 cm³/mol. The highest BCUT2D eigenvalue weighted by molar-refractivity contribution is 5.89. The predicted octanol–water partition coefficient (Wildman–Crippen LogP) is 1.43. The second-order valence-corrected chi connectivity index (χ2v) is 4.72. The Hall–Kier alpha value is -1.39. The maximum Gasteiger partial charge on any atom is 0.337 e. The Morgan fingerprint density at radius 1 is 1.44 bits per heavy atom. The van der Waals surface area contributed by atoms with Crippen molar-refractivity contribution in [1.29, 1.82) is 0 Å². The lowest BCUT2D eigenvalue weighted by Crippen LogP contribution is -2.37. The minimum atomic E-state index is -0.310. The number of carbonyl (C=O) groups excluding carboxylic acids is 1. The van der Waals surface area contributed by atoms with E-state index in [4.69, 9.17) is 0 Å². The van der Waals surface area contributed by atoms with Crippen LogP contribution in [0, 0.1) is 0 Å². The molecule has 1 unspecified atom stereocenters. The highest BCUT2D eigenvalue weighted by atomic mass is 16.5. The van der Waals surface area contributed by atoms with Crippen molar-refractivity contribution >= 4 is 5.97 Å². The summed E-state index contributed by atoms with van der Waals surface area (Å²) in [5.74, 6) is -0.310. The first-order chi connectivity index (χ1) is 8.69. The van der Waals surface area contributed by atoms with Gasteiger partial charge in [0.05, 0.1) is 18.8 Å². The third kappa shape index (κ3) is 3.31. The van der Waals surface area contributed by atoms with Gasteiger partial charge in [-0.3, -0.25) is 4.90 Å². The van der Waals surface area contributed by atoms with Crippen molar-refractivity contribution in [2.24, 2.45) is 0 Å². The molecule has 18 heavy (non-hydrogen) atoms. The average molecular weight is 249 g/mol. The third-order valence-corrected chi connectivity index (χ3v) is 3.26. The molecule has 1 aliphatic rings. The number of likely N-dealkylation sites (tertiary alicyclic amines) is 1. The van der Waals surface area contributed by atoms with Crippen LogP contribution in [0.1, 0.15) is 28.8 Å². The molecule has 98 valence electrons. The molecule has 1 aliphatic heterocycles. The fourth-order valence-corrected chi connectivity index (χ4v) is 2.30. The zero-order chi connectivity index (χ0) is 13.0. The number of methoxy groups -OCH3 is 1. The molecule has 1 saturated heterocycles. The first kappa shape index (κ1) is 13.1. The summed E-state index contributed by atoms with van der Waals surface area (Å²) >= 11 is 0. The van der Waals surface area contributed by atoms with Crippen LogP contribution < -0.4 is 0 Å². The molecule has 1 heterocycles. The lowest BCUT2D eigenvalue weighted by Gasteiger charge is -2.29. The normalized spacial score (nSPS) is 20.7. The number of hydrogen-bond acceptors (Lipinski definition) is 4. The van der Waals surface area contributed by atoms with Gasteiger partial charge in [-0.25, -0.2) is 4.79 Å². The molecule has 0 aliphatic carbocycles.